The molecule has 2 aliphatic rings. The molecule has 0 radical (unpaired) electrons. The van der Waals surface area contributed by atoms with Gasteiger partial charge >= 0.3 is 18.4 Å². The molecule has 1 amide bonds. The molecule has 4 nitrogen and oxygen atoms in total. The second kappa shape index (κ2) is 9.44. The van der Waals surface area contributed by atoms with Crippen molar-refractivity contribution < 1.29 is 35.9 Å². The molecule has 1 heterocycles. The first kappa shape index (κ1) is 24.0. The van der Waals surface area contributed by atoms with Gasteiger partial charge in [0, 0.05) is 37.7 Å². The maximum Gasteiger partial charge on any atom is 0.434 e. The molecule has 174 valence electrons. The maximum atomic E-state index is 12.6. The summed E-state index contributed by atoms with van der Waals surface area (Å²) in [6.45, 7) is 1.09. The molecule has 0 atom stereocenters. The molecule has 2 fully saturated rings. The van der Waals surface area contributed by atoms with Crippen molar-refractivity contribution in [1.29, 1.82) is 0 Å². The van der Waals surface area contributed by atoms with Gasteiger partial charge in [-0.05, 0) is 36.0 Å². The Labute approximate surface area is 181 Å². The van der Waals surface area contributed by atoms with Gasteiger partial charge in [-0.3, -0.25) is 4.90 Å². The van der Waals surface area contributed by atoms with Gasteiger partial charge in [0.2, 0.25) is 0 Å². The summed E-state index contributed by atoms with van der Waals surface area (Å²) in [7, 11) is 0. The molecule has 1 aliphatic carbocycles. The summed E-state index contributed by atoms with van der Waals surface area (Å²) in [6.07, 6.45) is -12.8. The van der Waals surface area contributed by atoms with Gasteiger partial charge < -0.3 is 9.64 Å². The molecule has 0 bridgehead atoms. The minimum Gasteiger partial charge on any atom is -0.426 e. The highest BCUT2D eigenvalue weighted by Crippen LogP contribution is 2.40. The molecule has 31 heavy (non-hydrogen) atoms. The second-order valence-corrected chi connectivity index (χ2v) is 8.31. The minimum atomic E-state index is -5.72. The quantitative estimate of drug-likeness (QED) is 0.523. The van der Waals surface area contributed by atoms with E-state index < -0.39 is 24.5 Å². The van der Waals surface area contributed by atoms with Crippen LogP contribution in [-0.4, -0.2) is 60.5 Å². The molecule has 0 N–H and O–H groups in total. The summed E-state index contributed by atoms with van der Waals surface area (Å²) in [5.41, 5.74) is 2.17. The number of carbonyl (C=O) groups excluding carboxylic acids is 1. The fraction of sp³-hybridized carbons (Fsp3) is 0.650. The Morgan fingerprint density at radius 2 is 1.61 bits per heavy atom. The number of amides is 1. The standard InChI is InChI=1S/C20H23ClF6N2O2/c21-15-7-3-6-14(16(15)13-4-1-2-5-13)12-28-8-10-29(11-9-28)18(30)31-17(19(22,23)24)20(25,26)27/h3,6-7,13,17H,1-2,4-5,8-12H2. The zero-order valence-corrected chi connectivity index (χ0v) is 17.4. The first-order valence-corrected chi connectivity index (χ1v) is 10.4. The third kappa shape index (κ3) is 5.97. The average Bonchev–Trinajstić information content (AvgIpc) is 3.19. The predicted octanol–water partition coefficient (Wildman–Crippen LogP) is 5.75. The van der Waals surface area contributed by atoms with Crippen LogP contribution >= 0.6 is 11.6 Å². The lowest BCUT2D eigenvalue weighted by molar-refractivity contribution is -0.308. The van der Waals surface area contributed by atoms with Gasteiger partial charge in [-0.2, -0.15) is 26.3 Å². The fourth-order valence-corrected chi connectivity index (χ4v) is 4.56. The van der Waals surface area contributed by atoms with Crippen molar-refractivity contribution in [3.05, 3.63) is 34.3 Å². The number of hydrogen-bond acceptors (Lipinski definition) is 3. The van der Waals surface area contributed by atoms with E-state index in [-0.39, 0.29) is 13.1 Å². The van der Waals surface area contributed by atoms with Crippen molar-refractivity contribution in [2.45, 2.75) is 56.6 Å². The number of rotatable bonds is 4. The van der Waals surface area contributed by atoms with E-state index in [1.165, 1.54) is 0 Å². The number of piperazine rings is 1. The van der Waals surface area contributed by atoms with Crippen LogP contribution in [0.2, 0.25) is 5.02 Å². The molecule has 1 aromatic rings. The Kier molecular flexibility index (Phi) is 7.30. The smallest absolute Gasteiger partial charge is 0.426 e. The van der Waals surface area contributed by atoms with Crippen LogP contribution in [-0.2, 0) is 11.3 Å². The Hall–Kier alpha value is -1.68. The molecule has 11 heteroatoms. The first-order chi connectivity index (χ1) is 14.5. The Balaban J connectivity index is 1.59. The highest BCUT2D eigenvalue weighted by atomic mass is 35.5. The number of nitrogens with zero attached hydrogens (tertiary/aromatic N) is 2. The molecule has 1 saturated heterocycles. The molecule has 1 aliphatic heterocycles. The first-order valence-electron chi connectivity index (χ1n) is 10.1. The summed E-state index contributed by atoms with van der Waals surface area (Å²) in [5, 5.41) is 0.706. The van der Waals surface area contributed by atoms with Crippen LogP contribution in [0.4, 0.5) is 31.1 Å². The number of halogens is 7. The molecule has 0 spiro atoms. The van der Waals surface area contributed by atoms with Gasteiger partial charge in [-0.25, -0.2) is 4.79 Å². The van der Waals surface area contributed by atoms with Crippen LogP contribution in [0.5, 0.6) is 0 Å². The van der Waals surface area contributed by atoms with E-state index in [1.54, 1.807) is 0 Å². The molecule has 1 aromatic carbocycles. The van der Waals surface area contributed by atoms with E-state index in [0.717, 1.165) is 41.7 Å². The summed E-state index contributed by atoms with van der Waals surface area (Å²) < 4.78 is 79.4. The van der Waals surface area contributed by atoms with E-state index >= 15 is 0 Å². The third-order valence-electron chi connectivity index (χ3n) is 5.74. The minimum absolute atomic E-state index is 0.0272. The largest absolute Gasteiger partial charge is 0.434 e. The summed E-state index contributed by atoms with van der Waals surface area (Å²) in [4.78, 5) is 14.8. The van der Waals surface area contributed by atoms with Gasteiger partial charge in [0.15, 0.2) is 0 Å². The molecule has 3 rings (SSSR count). The van der Waals surface area contributed by atoms with E-state index in [4.69, 9.17) is 11.6 Å². The number of carbonyl (C=O) groups is 1. The zero-order chi connectivity index (χ0) is 22.8. The highest BCUT2D eigenvalue weighted by molar-refractivity contribution is 6.31. The van der Waals surface area contributed by atoms with Crippen molar-refractivity contribution in [2.24, 2.45) is 0 Å². The van der Waals surface area contributed by atoms with E-state index in [0.29, 0.717) is 30.6 Å². The van der Waals surface area contributed by atoms with Crippen LogP contribution in [0.3, 0.4) is 0 Å². The second-order valence-electron chi connectivity index (χ2n) is 7.90. The van der Waals surface area contributed by atoms with Crippen LogP contribution in [0.1, 0.15) is 42.7 Å². The van der Waals surface area contributed by atoms with E-state index in [9.17, 15) is 31.1 Å². The number of hydrogen-bond donors (Lipinski definition) is 0. The summed E-state index contributed by atoms with van der Waals surface area (Å²) in [6, 6.07) is 5.69. The third-order valence-corrected chi connectivity index (χ3v) is 6.07. The Bertz CT molecular complexity index is 758. The Morgan fingerprint density at radius 1 is 1.03 bits per heavy atom. The number of benzene rings is 1. The van der Waals surface area contributed by atoms with Gasteiger partial charge in [0.1, 0.15) is 0 Å². The Morgan fingerprint density at radius 3 is 2.16 bits per heavy atom. The lowest BCUT2D eigenvalue weighted by Gasteiger charge is -2.35. The van der Waals surface area contributed by atoms with Crippen molar-refractivity contribution in [1.82, 2.24) is 9.80 Å². The van der Waals surface area contributed by atoms with Gasteiger partial charge in [-0.15, -0.1) is 0 Å². The molecule has 1 saturated carbocycles. The normalized spacial score (nSPS) is 19.3. The maximum absolute atomic E-state index is 12.6. The van der Waals surface area contributed by atoms with Crippen LogP contribution in [0.25, 0.3) is 0 Å². The summed E-state index contributed by atoms with van der Waals surface area (Å²) >= 11 is 6.44. The van der Waals surface area contributed by atoms with Crippen LogP contribution in [0.15, 0.2) is 18.2 Å². The van der Waals surface area contributed by atoms with Gasteiger partial charge in [-0.1, -0.05) is 36.6 Å². The van der Waals surface area contributed by atoms with Gasteiger partial charge in [0.25, 0.3) is 6.10 Å². The average molecular weight is 473 g/mol. The van der Waals surface area contributed by atoms with E-state index in [2.05, 4.69) is 4.74 Å². The SMILES string of the molecule is O=C(OC(C(F)(F)F)C(F)(F)F)N1CCN(Cc2cccc(Cl)c2C2CCCC2)CC1. The molecule has 0 unspecified atom stereocenters. The number of ether oxygens (including phenoxy) is 1. The topological polar surface area (TPSA) is 32.8 Å². The van der Waals surface area contributed by atoms with E-state index in [1.807, 2.05) is 23.1 Å². The lowest BCUT2D eigenvalue weighted by Crippen LogP contribution is -2.52. The molecule has 0 aromatic heterocycles. The zero-order valence-electron chi connectivity index (χ0n) is 16.6. The monoisotopic (exact) mass is 472 g/mol. The summed E-state index contributed by atoms with van der Waals surface area (Å²) in [5.74, 6) is 0.390. The molecular weight excluding hydrogens is 450 g/mol. The van der Waals surface area contributed by atoms with Crippen molar-refractivity contribution in [3.63, 3.8) is 0 Å². The van der Waals surface area contributed by atoms with Crippen molar-refractivity contribution in [2.75, 3.05) is 26.2 Å². The van der Waals surface area contributed by atoms with Crippen molar-refractivity contribution >= 4 is 17.7 Å². The fourth-order valence-electron chi connectivity index (χ4n) is 4.22. The van der Waals surface area contributed by atoms with Crippen LogP contribution in [0, 0.1) is 0 Å². The van der Waals surface area contributed by atoms with Gasteiger partial charge in [0.05, 0.1) is 0 Å². The number of alkyl halides is 6. The lowest BCUT2D eigenvalue weighted by atomic mass is 9.92. The molecular formula is C20H23ClF6N2O2. The van der Waals surface area contributed by atoms with Crippen molar-refractivity contribution in [3.8, 4) is 0 Å². The highest BCUT2D eigenvalue weighted by Gasteiger charge is 2.60. The van der Waals surface area contributed by atoms with Crippen LogP contribution < -0.4 is 0 Å². The predicted molar refractivity (Wildman–Crippen MR) is 102 cm³/mol.